The summed E-state index contributed by atoms with van der Waals surface area (Å²) in [5.74, 6) is -0.0927. The Morgan fingerprint density at radius 2 is 2.23 bits per heavy atom. The van der Waals surface area contributed by atoms with Crippen LogP contribution in [-0.4, -0.2) is 36.3 Å². The number of allylic oxidation sites excluding steroid dienone is 1. The van der Waals surface area contributed by atoms with Crippen LogP contribution in [0, 0.1) is 0 Å². The zero-order chi connectivity index (χ0) is 9.68. The zero-order valence-electron chi connectivity index (χ0n) is 7.75. The molecule has 0 saturated carbocycles. The van der Waals surface area contributed by atoms with Crippen molar-refractivity contribution in [1.29, 1.82) is 0 Å². The molecule has 4 heteroatoms. The van der Waals surface area contributed by atoms with Gasteiger partial charge in [-0.1, -0.05) is 19.1 Å². The van der Waals surface area contributed by atoms with E-state index in [4.69, 9.17) is 0 Å². The third-order valence-electron chi connectivity index (χ3n) is 1.85. The van der Waals surface area contributed by atoms with Crippen LogP contribution in [0.4, 0.5) is 0 Å². The number of rotatable bonds is 3. The van der Waals surface area contributed by atoms with E-state index < -0.39 is 0 Å². The molecule has 4 nitrogen and oxygen atoms in total. The molecule has 1 saturated heterocycles. The first kappa shape index (κ1) is 9.77. The first-order valence-corrected chi connectivity index (χ1v) is 4.43. The lowest BCUT2D eigenvalue weighted by Gasteiger charge is -2.25. The summed E-state index contributed by atoms with van der Waals surface area (Å²) in [6, 6.07) is 0. The number of hydrogen-bond donors (Lipinski definition) is 1. The molecule has 1 heterocycles. The van der Waals surface area contributed by atoms with Gasteiger partial charge in [0, 0.05) is 6.54 Å². The molecule has 1 aliphatic heterocycles. The Hall–Kier alpha value is -1.32. The van der Waals surface area contributed by atoms with Gasteiger partial charge in [0.15, 0.2) is 0 Å². The molecule has 0 atom stereocenters. The van der Waals surface area contributed by atoms with Crippen LogP contribution in [0.15, 0.2) is 12.2 Å². The molecule has 1 N–H and O–H groups in total. The van der Waals surface area contributed by atoms with E-state index in [0.29, 0.717) is 6.54 Å². The van der Waals surface area contributed by atoms with Crippen molar-refractivity contribution >= 4 is 11.8 Å². The van der Waals surface area contributed by atoms with Gasteiger partial charge in [-0.3, -0.25) is 9.59 Å². The number of hydrogen-bond acceptors (Lipinski definition) is 2. The third kappa shape index (κ3) is 2.89. The normalized spacial score (nSPS) is 18.1. The monoisotopic (exact) mass is 182 g/mol. The predicted molar refractivity (Wildman–Crippen MR) is 49.0 cm³/mol. The first-order chi connectivity index (χ1) is 6.24. The molecule has 0 aliphatic carbocycles. The second kappa shape index (κ2) is 4.64. The molecular weight excluding hydrogens is 168 g/mol. The number of nitrogens with zero attached hydrogens (tertiary/aromatic N) is 1. The van der Waals surface area contributed by atoms with Gasteiger partial charge in [0.25, 0.3) is 0 Å². The fraction of sp³-hybridized carbons (Fsp3) is 0.556. The van der Waals surface area contributed by atoms with Crippen LogP contribution in [0.3, 0.4) is 0 Å². The highest BCUT2D eigenvalue weighted by Gasteiger charge is 2.21. The van der Waals surface area contributed by atoms with Crippen molar-refractivity contribution in [3.63, 3.8) is 0 Å². The number of carbonyl (C=O) groups is 2. The first-order valence-electron chi connectivity index (χ1n) is 4.43. The van der Waals surface area contributed by atoms with Crippen LogP contribution >= 0.6 is 0 Å². The van der Waals surface area contributed by atoms with E-state index in [1.807, 2.05) is 19.1 Å². The maximum Gasteiger partial charge on any atom is 0.242 e. The highest BCUT2D eigenvalue weighted by molar-refractivity contribution is 5.92. The average molecular weight is 182 g/mol. The molecule has 0 spiro atoms. The minimum Gasteiger partial charge on any atom is -0.345 e. The van der Waals surface area contributed by atoms with Gasteiger partial charge >= 0.3 is 0 Å². The lowest BCUT2D eigenvalue weighted by molar-refractivity contribution is -0.139. The van der Waals surface area contributed by atoms with Crippen LogP contribution in [-0.2, 0) is 9.59 Å². The van der Waals surface area contributed by atoms with Crippen molar-refractivity contribution in [3.8, 4) is 0 Å². The van der Waals surface area contributed by atoms with Crippen LogP contribution in [0.5, 0.6) is 0 Å². The van der Waals surface area contributed by atoms with Gasteiger partial charge in [0.2, 0.25) is 11.8 Å². The van der Waals surface area contributed by atoms with Crippen LogP contribution in [0.2, 0.25) is 0 Å². The van der Waals surface area contributed by atoms with E-state index in [-0.39, 0.29) is 24.9 Å². The van der Waals surface area contributed by atoms with Gasteiger partial charge in [-0.15, -0.1) is 0 Å². The molecule has 0 aromatic carbocycles. The standard InChI is InChI=1S/C9H14N2O2/c1-2-3-4-5-11-7-8(12)10-6-9(11)13/h3-4H,2,5-7H2,1H3,(H,10,12)/b4-3+. The summed E-state index contributed by atoms with van der Waals surface area (Å²) in [6.07, 6.45) is 4.85. The molecule has 1 fully saturated rings. The summed E-state index contributed by atoms with van der Waals surface area (Å²) < 4.78 is 0. The third-order valence-corrected chi connectivity index (χ3v) is 1.85. The number of carbonyl (C=O) groups excluding carboxylic acids is 2. The van der Waals surface area contributed by atoms with Gasteiger partial charge in [-0.05, 0) is 6.42 Å². The van der Waals surface area contributed by atoms with Crippen molar-refractivity contribution in [2.75, 3.05) is 19.6 Å². The Balaban J connectivity index is 2.42. The van der Waals surface area contributed by atoms with E-state index in [9.17, 15) is 9.59 Å². The maximum absolute atomic E-state index is 11.2. The molecule has 1 aliphatic rings. The highest BCUT2D eigenvalue weighted by atomic mass is 16.2. The van der Waals surface area contributed by atoms with Crippen molar-refractivity contribution in [2.24, 2.45) is 0 Å². The van der Waals surface area contributed by atoms with Crippen molar-refractivity contribution in [1.82, 2.24) is 10.2 Å². The van der Waals surface area contributed by atoms with Gasteiger partial charge in [0.1, 0.15) is 0 Å². The molecule has 0 aromatic rings. The molecule has 0 radical (unpaired) electrons. The van der Waals surface area contributed by atoms with Crippen LogP contribution in [0.1, 0.15) is 13.3 Å². The topological polar surface area (TPSA) is 49.4 Å². The summed E-state index contributed by atoms with van der Waals surface area (Å²) in [5, 5.41) is 2.50. The Kier molecular flexibility index (Phi) is 3.49. The predicted octanol–water partition coefficient (Wildman–Crippen LogP) is -0.0890. The van der Waals surface area contributed by atoms with E-state index in [1.54, 1.807) is 4.90 Å². The number of amides is 2. The zero-order valence-corrected chi connectivity index (χ0v) is 7.75. The Morgan fingerprint density at radius 1 is 1.46 bits per heavy atom. The molecule has 1 rings (SSSR count). The minimum absolute atomic E-state index is 0.0136. The van der Waals surface area contributed by atoms with E-state index >= 15 is 0 Å². The second-order valence-electron chi connectivity index (χ2n) is 2.93. The second-order valence-corrected chi connectivity index (χ2v) is 2.93. The number of nitrogens with one attached hydrogen (secondary N) is 1. The van der Waals surface area contributed by atoms with Gasteiger partial charge in [-0.25, -0.2) is 0 Å². The van der Waals surface area contributed by atoms with Crippen molar-refractivity contribution in [3.05, 3.63) is 12.2 Å². The SMILES string of the molecule is CC/C=C/CN1CC(=O)NCC1=O. The van der Waals surface area contributed by atoms with E-state index in [0.717, 1.165) is 6.42 Å². The van der Waals surface area contributed by atoms with Gasteiger partial charge in [-0.2, -0.15) is 0 Å². The molecule has 0 unspecified atom stereocenters. The maximum atomic E-state index is 11.2. The molecule has 13 heavy (non-hydrogen) atoms. The van der Waals surface area contributed by atoms with Crippen molar-refractivity contribution in [2.45, 2.75) is 13.3 Å². The van der Waals surface area contributed by atoms with Gasteiger partial charge in [0.05, 0.1) is 13.1 Å². The summed E-state index contributed by atoms with van der Waals surface area (Å²) in [5.41, 5.74) is 0. The number of piperazine rings is 1. The van der Waals surface area contributed by atoms with Crippen LogP contribution < -0.4 is 5.32 Å². The minimum atomic E-state index is -0.0792. The molecular formula is C9H14N2O2. The molecule has 0 aromatic heterocycles. The van der Waals surface area contributed by atoms with Gasteiger partial charge < -0.3 is 10.2 Å². The average Bonchev–Trinajstić information content (AvgIpc) is 2.11. The summed E-state index contributed by atoms with van der Waals surface area (Å²) in [4.78, 5) is 23.7. The Bertz CT molecular complexity index is 236. The van der Waals surface area contributed by atoms with Crippen LogP contribution in [0.25, 0.3) is 0 Å². The fourth-order valence-corrected chi connectivity index (χ4v) is 1.14. The largest absolute Gasteiger partial charge is 0.345 e. The molecule has 2 amide bonds. The lowest BCUT2D eigenvalue weighted by atomic mass is 10.3. The molecule has 72 valence electrons. The highest BCUT2D eigenvalue weighted by Crippen LogP contribution is 1.95. The summed E-state index contributed by atoms with van der Waals surface area (Å²) in [6.45, 7) is 2.90. The Labute approximate surface area is 77.6 Å². The quantitative estimate of drug-likeness (QED) is 0.620. The van der Waals surface area contributed by atoms with Crippen molar-refractivity contribution < 1.29 is 9.59 Å². The lowest BCUT2D eigenvalue weighted by Crippen LogP contribution is -2.51. The van der Waals surface area contributed by atoms with E-state index in [1.165, 1.54) is 0 Å². The fourth-order valence-electron chi connectivity index (χ4n) is 1.14. The molecule has 0 bridgehead atoms. The summed E-state index contributed by atoms with van der Waals surface area (Å²) >= 11 is 0. The Morgan fingerprint density at radius 3 is 2.92 bits per heavy atom. The smallest absolute Gasteiger partial charge is 0.242 e. The van der Waals surface area contributed by atoms with E-state index in [2.05, 4.69) is 5.32 Å². The summed E-state index contributed by atoms with van der Waals surface area (Å²) in [7, 11) is 0.